The van der Waals surface area contributed by atoms with Crippen LogP contribution in [0.5, 0.6) is 0 Å². The Morgan fingerprint density at radius 2 is 2.25 bits per heavy atom. The third kappa shape index (κ3) is 3.05. The lowest BCUT2D eigenvalue weighted by atomic mass is 10.2. The molecule has 0 saturated carbocycles. The third-order valence-corrected chi connectivity index (χ3v) is 1.52. The molecule has 0 radical (unpaired) electrons. The molecule has 1 aliphatic rings. The molecule has 0 aromatic rings. The Bertz CT molecular complexity index is 202. The van der Waals surface area contributed by atoms with Crippen molar-refractivity contribution < 1.29 is 14.3 Å². The summed E-state index contributed by atoms with van der Waals surface area (Å²) in [5, 5.41) is 0. The smallest absolute Gasteiger partial charge is 0.330 e. The van der Waals surface area contributed by atoms with Crippen molar-refractivity contribution in [1.29, 1.82) is 0 Å². The maximum absolute atomic E-state index is 11.0. The van der Waals surface area contributed by atoms with Gasteiger partial charge in [0.2, 0.25) is 0 Å². The van der Waals surface area contributed by atoms with Gasteiger partial charge in [-0.1, -0.05) is 0 Å². The highest BCUT2D eigenvalue weighted by Crippen LogP contribution is 2.26. The molecule has 0 amide bonds. The zero-order valence-corrected chi connectivity index (χ0v) is 7.66. The molecule has 68 valence electrons. The molecular weight excluding hydrogens is 156 g/mol. The number of carbonyl (C=O) groups is 1. The van der Waals surface area contributed by atoms with Crippen molar-refractivity contribution in [3.05, 3.63) is 12.2 Å². The van der Waals surface area contributed by atoms with E-state index in [1.807, 2.05) is 20.8 Å². The molecule has 1 atom stereocenters. The van der Waals surface area contributed by atoms with Crippen molar-refractivity contribution in [1.82, 2.24) is 0 Å². The van der Waals surface area contributed by atoms with Gasteiger partial charge in [-0.2, -0.15) is 0 Å². The minimum atomic E-state index is -0.304. The fourth-order valence-corrected chi connectivity index (χ4v) is 0.726. The number of ether oxygens (including phenoxy) is 2. The summed E-state index contributed by atoms with van der Waals surface area (Å²) in [5.74, 6) is -0.304. The monoisotopic (exact) mass is 170 g/mol. The minimum Gasteiger partial charge on any atom is -0.460 e. The number of carbonyl (C=O) groups excluding carboxylic acids is 1. The summed E-state index contributed by atoms with van der Waals surface area (Å²) in [5.41, 5.74) is -0.212. The van der Waals surface area contributed by atoms with Gasteiger partial charge in [-0.3, -0.25) is 0 Å². The predicted octanol–water partition coefficient (Wildman–Crippen LogP) is 1.28. The van der Waals surface area contributed by atoms with Gasteiger partial charge in [0.15, 0.2) is 0 Å². The fraction of sp³-hybridized carbons (Fsp3) is 0.667. The van der Waals surface area contributed by atoms with Gasteiger partial charge < -0.3 is 9.47 Å². The molecule has 0 aliphatic carbocycles. The second kappa shape index (κ2) is 3.27. The van der Waals surface area contributed by atoms with Crippen LogP contribution in [0.1, 0.15) is 20.8 Å². The van der Waals surface area contributed by atoms with E-state index in [9.17, 15) is 4.79 Å². The fourth-order valence-electron chi connectivity index (χ4n) is 0.726. The van der Waals surface area contributed by atoms with E-state index < -0.39 is 0 Å². The molecule has 1 aliphatic heterocycles. The van der Waals surface area contributed by atoms with Gasteiger partial charge in [-0.05, 0) is 26.8 Å². The molecular formula is C9H14O3. The normalized spacial score (nSPS) is 28.0. The number of epoxide rings is 1. The number of rotatable bonds is 3. The molecule has 0 aromatic heterocycles. The lowest BCUT2D eigenvalue weighted by Gasteiger charge is -2.04. The molecule has 3 nitrogen and oxygen atoms in total. The van der Waals surface area contributed by atoms with E-state index in [4.69, 9.17) is 9.47 Å². The van der Waals surface area contributed by atoms with Crippen molar-refractivity contribution in [3.63, 3.8) is 0 Å². The van der Waals surface area contributed by atoms with Gasteiger partial charge in [-0.15, -0.1) is 0 Å². The first-order chi connectivity index (χ1) is 5.52. The highest BCUT2D eigenvalue weighted by Gasteiger charge is 2.36. The molecule has 1 saturated heterocycles. The van der Waals surface area contributed by atoms with E-state index in [1.165, 1.54) is 6.08 Å². The molecule has 1 fully saturated rings. The molecule has 3 heteroatoms. The first-order valence-corrected chi connectivity index (χ1v) is 4.06. The quantitative estimate of drug-likeness (QED) is 0.364. The van der Waals surface area contributed by atoms with Crippen molar-refractivity contribution in [2.75, 3.05) is 6.61 Å². The Kier molecular flexibility index (Phi) is 2.52. The van der Waals surface area contributed by atoms with Gasteiger partial charge in [-0.25, -0.2) is 4.79 Å². The predicted molar refractivity (Wildman–Crippen MR) is 44.7 cm³/mol. The van der Waals surface area contributed by atoms with E-state index in [2.05, 4.69) is 0 Å². The van der Waals surface area contributed by atoms with Crippen molar-refractivity contribution >= 4 is 5.97 Å². The standard InChI is InChI=1S/C9H14O3/c1-7(2)12-8(10)4-5-9(3)6-11-9/h4-5,7H,6H2,1-3H3/b5-4+. The second-order valence-corrected chi connectivity index (χ2v) is 3.42. The Morgan fingerprint density at radius 1 is 1.67 bits per heavy atom. The van der Waals surface area contributed by atoms with Crippen molar-refractivity contribution in [2.24, 2.45) is 0 Å². The summed E-state index contributed by atoms with van der Waals surface area (Å²) >= 11 is 0. The molecule has 12 heavy (non-hydrogen) atoms. The Morgan fingerprint density at radius 3 is 2.67 bits per heavy atom. The molecule has 0 spiro atoms. The topological polar surface area (TPSA) is 38.8 Å². The maximum Gasteiger partial charge on any atom is 0.330 e. The van der Waals surface area contributed by atoms with Crippen LogP contribution in [0.25, 0.3) is 0 Å². The van der Waals surface area contributed by atoms with Crippen molar-refractivity contribution in [3.8, 4) is 0 Å². The number of esters is 1. The van der Waals surface area contributed by atoms with Crippen LogP contribution in [0.15, 0.2) is 12.2 Å². The minimum absolute atomic E-state index is 0.0601. The summed E-state index contributed by atoms with van der Waals surface area (Å²) < 4.78 is 9.95. The highest BCUT2D eigenvalue weighted by atomic mass is 16.6. The average molecular weight is 170 g/mol. The first-order valence-electron chi connectivity index (χ1n) is 4.06. The maximum atomic E-state index is 11.0. The van der Waals surface area contributed by atoms with Gasteiger partial charge in [0, 0.05) is 6.08 Å². The molecule has 0 bridgehead atoms. The average Bonchev–Trinajstić information content (AvgIpc) is 2.64. The third-order valence-electron chi connectivity index (χ3n) is 1.52. The summed E-state index contributed by atoms with van der Waals surface area (Å²) in [6.07, 6.45) is 3.10. The Labute approximate surface area is 72.4 Å². The van der Waals surface area contributed by atoms with Crippen LogP contribution in [0.2, 0.25) is 0 Å². The molecule has 1 rings (SSSR count). The van der Waals surface area contributed by atoms with Gasteiger partial charge >= 0.3 is 5.97 Å². The zero-order valence-electron chi connectivity index (χ0n) is 7.66. The molecule has 1 heterocycles. The van der Waals surface area contributed by atoms with E-state index in [0.717, 1.165) is 0 Å². The van der Waals surface area contributed by atoms with Crippen LogP contribution < -0.4 is 0 Å². The number of hydrogen-bond acceptors (Lipinski definition) is 3. The first kappa shape index (κ1) is 9.26. The SMILES string of the molecule is CC(C)OC(=O)/C=C/C1(C)CO1. The highest BCUT2D eigenvalue weighted by molar-refractivity contribution is 5.82. The van der Waals surface area contributed by atoms with Crippen LogP contribution >= 0.6 is 0 Å². The van der Waals surface area contributed by atoms with E-state index >= 15 is 0 Å². The van der Waals surface area contributed by atoms with Gasteiger partial charge in [0.25, 0.3) is 0 Å². The Balaban J connectivity index is 2.30. The van der Waals surface area contributed by atoms with E-state index in [1.54, 1.807) is 6.08 Å². The molecule has 1 unspecified atom stereocenters. The van der Waals surface area contributed by atoms with Crippen LogP contribution in [0, 0.1) is 0 Å². The van der Waals surface area contributed by atoms with Crippen LogP contribution in [-0.2, 0) is 14.3 Å². The largest absolute Gasteiger partial charge is 0.460 e. The van der Waals surface area contributed by atoms with Gasteiger partial charge in [0.05, 0.1) is 12.7 Å². The zero-order chi connectivity index (χ0) is 9.19. The Hall–Kier alpha value is -0.830. The van der Waals surface area contributed by atoms with Crippen LogP contribution in [0.4, 0.5) is 0 Å². The summed E-state index contributed by atoms with van der Waals surface area (Å²) in [6.45, 7) is 6.26. The summed E-state index contributed by atoms with van der Waals surface area (Å²) in [6, 6.07) is 0. The van der Waals surface area contributed by atoms with E-state index in [0.29, 0.717) is 6.61 Å². The van der Waals surface area contributed by atoms with Crippen molar-refractivity contribution in [2.45, 2.75) is 32.5 Å². The van der Waals surface area contributed by atoms with Crippen LogP contribution in [0.3, 0.4) is 0 Å². The van der Waals surface area contributed by atoms with Gasteiger partial charge in [0.1, 0.15) is 5.60 Å². The summed E-state index contributed by atoms with van der Waals surface area (Å²) in [7, 11) is 0. The molecule has 0 N–H and O–H groups in total. The van der Waals surface area contributed by atoms with E-state index in [-0.39, 0.29) is 17.7 Å². The lowest BCUT2D eigenvalue weighted by molar-refractivity contribution is -0.141. The molecule has 0 aromatic carbocycles. The van der Waals surface area contributed by atoms with Crippen LogP contribution in [-0.4, -0.2) is 24.3 Å². The lowest BCUT2D eigenvalue weighted by Crippen LogP contribution is -2.09. The summed E-state index contributed by atoms with van der Waals surface area (Å²) in [4.78, 5) is 11.0. The second-order valence-electron chi connectivity index (χ2n) is 3.42. The number of hydrogen-bond donors (Lipinski definition) is 0.